The van der Waals surface area contributed by atoms with Crippen molar-refractivity contribution < 1.29 is 4.52 Å². The van der Waals surface area contributed by atoms with E-state index in [2.05, 4.69) is 15.2 Å². The maximum absolute atomic E-state index is 5.57. The van der Waals surface area contributed by atoms with Gasteiger partial charge in [0.15, 0.2) is 5.82 Å². The summed E-state index contributed by atoms with van der Waals surface area (Å²) in [6, 6.07) is 0. The monoisotopic (exact) mass is 212 g/mol. The average Bonchev–Trinajstić information content (AvgIpc) is 2.71. The van der Waals surface area contributed by atoms with Crippen molar-refractivity contribution in [3.8, 4) is 11.5 Å². The molecule has 0 saturated carbocycles. The molecule has 0 radical (unpaired) electrons. The third-order valence-electron chi connectivity index (χ3n) is 1.83. The Kier molecular flexibility index (Phi) is 2.25. The minimum Gasteiger partial charge on any atom is -0.334 e. The van der Waals surface area contributed by atoms with E-state index in [9.17, 15) is 0 Å². The summed E-state index contributed by atoms with van der Waals surface area (Å²) in [7, 11) is 1.84. The molecule has 0 aliphatic carbocycles. The summed E-state index contributed by atoms with van der Waals surface area (Å²) in [6.45, 7) is 1.89. The predicted molar refractivity (Wildman–Crippen MR) is 50.8 cm³/mol. The number of alkyl halides is 1. The predicted octanol–water partition coefficient (Wildman–Crippen LogP) is 1.52. The zero-order valence-electron chi connectivity index (χ0n) is 7.86. The lowest BCUT2D eigenvalue weighted by Crippen LogP contribution is -1.86. The van der Waals surface area contributed by atoms with E-state index in [4.69, 9.17) is 16.1 Å². The Morgan fingerprint density at radius 3 is 2.86 bits per heavy atom. The van der Waals surface area contributed by atoms with Crippen LogP contribution in [0.15, 0.2) is 10.7 Å². The van der Waals surface area contributed by atoms with Crippen molar-refractivity contribution >= 4 is 11.6 Å². The third kappa shape index (κ3) is 1.50. The summed E-state index contributed by atoms with van der Waals surface area (Å²) in [5, 5.41) is 7.88. The molecular formula is C8H9ClN4O. The Morgan fingerprint density at radius 2 is 2.36 bits per heavy atom. The van der Waals surface area contributed by atoms with Gasteiger partial charge >= 0.3 is 0 Å². The molecule has 5 nitrogen and oxygen atoms in total. The Hall–Kier alpha value is -1.36. The van der Waals surface area contributed by atoms with Crippen molar-refractivity contribution in [1.29, 1.82) is 0 Å². The molecule has 2 heterocycles. The highest BCUT2D eigenvalue weighted by Gasteiger charge is 2.13. The zero-order valence-corrected chi connectivity index (χ0v) is 8.62. The normalized spacial score (nSPS) is 10.8. The van der Waals surface area contributed by atoms with Gasteiger partial charge in [-0.25, -0.2) is 0 Å². The average molecular weight is 213 g/mol. The molecule has 0 N–H and O–H groups in total. The highest BCUT2D eigenvalue weighted by molar-refractivity contribution is 6.16. The van der Waals surface area contributed by atoms with Crippen molar-refractivity contribution in [3.05, 3.63) is 17.7 Å². The van der Waals surface area contributed by atoms with E-state index in [1.165, 1.54) is 0 Å². The molecule has 0 atom stereocenters. The quantitative estimate of drug-likeness (QED) is 0.709. The fourth-order valence-electron chi connectivity index (χ4n) is 1.23. The summed E-state index contributed by atoms with van der Waals surface area (Å²) in [4.78, 5) is 4.11. The first kappa shape index (κ1) is 9.21. The van der Waals surface area contributed by atoms with Gasteiger partial charge in [0.05, 0.1) is 17.1 Å². The molecule has 14 heavy (non-hydrogen) atoms. The number of hydrogen-bond acceptors (Lipinski definition) is 4. The molecule has 0 spiro atoms. The first-order valence-electron chi connectivity index (χ1n) is 4.10. The molecule has 2 aromatic rings. The van der Waals surface area contributed by atoms with Crippen molar-refractivity contribution in [2.45, 2.75) is 12.8 Å². The number of nitrogens with zero attached hydrogens (tertiary/aromatic N) is 4. The first-order valence-corrected chi connectivity index (χ1v) is 4.63. The van der Waals surface area contributed by atoms with E-state index in [-0.39, 0.29) is 5.88 Å². The topological polar surface area (TPSA) is 56.7 Å². The van der Waals surface area contributed by atoms with Crippen LogP contribution in [-0.2, 0) is 12.9 Å². The fraction of sp³-hybridized carbons (Fsp3) is 0.375. The second kappa shape index (κ2) is 3.42. The van der Waals surface area contributed by atoms with Crippen molar-refractivity contribution in [1.82, 2.24) is 19.9 Å². The summed E-state index contributed by atoms with van der Waals surface area (Å²) < 4.78 is 6.74. The molecule has 74 valence electrons. The van der Waals surface area contributed by atoms with Crippen LogP contribution in [0.3, 0.4) is 0 Å². The number of aryl methyl sites for hydroxylation is 2. The first-order chi connectivity index (χ1) is 6.70. The van der Waals surface area contributed by atoms with Gasteiger partial charge in [-0.05, 0) is 6.92 Å². The smallest absolute Gasteiger partial charge is 0.261 e. The number of aromatic nitrogens is 4. The largest absolute Gasteiger partial charge is 0.334 e. The molecule has 0 unspecified atom stereocenters. The molecule has 2 aromatic heterocycles. The van der Waals surface area contributed by atoms with Crippen molar-refractivity contribution in [2.24, 2.45) is 7.05 Å². The van der Waals surface area contributed by atoms with Crippen molar-refractivity contribution in [3.63, 3.8) is 0 Å². The zero-order chi connectivity index (χ0) is 10.1. The van der Waals surface area contributed by atoms with E-state index in [0.29, 0.717) is 11.7 Å². The lowest BCUT2D eigenvalue weighted by molar-refractivity contribution is 0.425. The number of halogens is 1. The molecule has 0 aliphatic heterocycles. The summed E-state index contributed by atoms with van der Waals surface area (Å²) in [5.41, 5.74) is 1.70. The van der Waals surface area contributed by atoms with Crippen LogP contribution in [0.25, 0.3) is 11.5 Å². The lowest BCUT2D eigenvalue weighted by Gasteiger charge is -1.86. The fourth-order valence-corrected chi connectivity index (χ4v) is 1.34. The van der Waals surface area contributed by atoms with Crippen LogP contribution in [0.2, 0.25) is 0 Å². The maximum atomic E-state index is 5.57. The molecule has 0 fully saturated rings. The van der Waals surface area contributed by atoms with E-state index in [1.807, 2.05) is 20.2 Å². The van der Waals surface area contributed by atoms with Gasteiger partial charge in [-0.15, -0.1) is 11.6 Å². The minimum absolute atomic E-state index is 0.253. The summed E-state index contributed by atoms with van der Waals surface area (Å²) in [5.74, 6) is 1.21. The van der Waals surface area contributed by atoms with Crippen LogP contribution in [0.4, 0.5) is 0 Å². The van der Waals surface area contributed by atoms with Crippen molar-refractivity contribution in [2.75, 3.05) is 0 Å². The van der Waals surface area contributed by atoms with Gasteiger partial charge in [-0.3, -0.25) is 4.68 Å². The SMILES string of the molecule is Cc1nn(C)cc1-c1nc(CCl)no1. The molecule has 0 bridgehead atoms. The summed E-state index contributed by atoms with van der Waals surface area (Å²) in [6.07, 6.45) is 1.83. The molecule has 2 rings (SSSR count). The molecular weight excluding hydrogens is 204 g/mol. The Labute approximate surface area is 85.7 Å². The van der Waals surface area contributed by atoms with Crippen LogP contribution in [0.5, 0.6) is 0 Å². The highest BCUT2D eigenvalue weighted by Crippen LogP contribution is 2.20. The van der Waals surface area contributed by atoms with Crippen LogP contribution in [0, 0.1) is 6.92 Å². The van der Waals surface area contributed by atoms with Gasteiger partial charge in [0.1, 0.15) is 0 Å². The number of rotatable bonds is 2. The molecule has 0 amide bonds. The van der Waals surface area contributed by atoms with Gasteiger partial charge in [0.2, 0.25) is 0 Å². The maximum Gasteiger partial charge on any atom is 0.261 e. The van der Waals surface area contributed by atoms with E-state index >= 15 is 0 Å². The molecule has 6 heteroatoms. The molecule has 0 aliphatic rings. The van der Waals surface area contributed by atoms with Gasteiger partial charge < -0.3 is 4.52 Å². The van der Waals surface area contributed by atoms with E-state index in [0.717, 1.165) is 11.3 Å². The van der Waals surface area contributed by atoms with Crippen LogP contribution in [-0.4, -0.2) is 19.9 Å². The Bertz CT molecular complexity index is 448. The molecule has 0 saturated heterocycles. The van der Waals surface area contributed by atoms with Gasteiger partial charge in [-0.2, -0.15) is 10.1 Å². The highest BCUT2D eigenvalue weighted by atomic mass is 35.5. The minimum atomic E-state index is 0.253. The van der Waals surface area contributed by atoms with E-state index < -0.39 is 0 Å². The van der Waals surface area contributed by atoms with E-state index in [1.54, 1.807) is 4.68 Å². The second-order valence-corrected chi connectivity index (χ2v) is 3.22. The van der Waals surface area contributed by atoms with Gasteiger partial charge in [0.25, 0.3) is 5.89 Å². The Morgan fingerprint density at radius 1 is 1.57 bits per heavy atom. The van der Waals surface area contributed by atoms with Crippen LogP contribution in [0.1, 0.15) is 11.5 Å². The lowest BCUT2D eigenvalue weighted by atomic mass is 10.3. The Balaban J connectivity index is 2.43. The van der Waals surface area contributed by atoms with Gasteiger partial charge in [-0.1, -0.05) is 5.16 Å². The van der Waals surface area contributed by atoms with Gasteiger partial charge in [0, 0.05) is 13.2 Å². The standard InChI is InChI=1S/C8H9ClN4O/c1-5-6(4-13(2)11-5)8-10-7(3-9)12-14-8/h4H,3H2,1-2H3. The van der Waals surface area contributed by atoms with Crippen LogP contribution < -0.4 is 0 Å². The second-order valence-electron chi connectivity index (χ2n) is 2.95. The van der Waals surface area contributed by atoms with Crippen LogP contribution >= 0.6 is 11.6 Å². The molecule has 0 aromatic carbocycles. The number of hydrogen-bond donors (Lipinski definition) is 0. The summed E-state index contributed by atoms with van der Waals surface area (Å²) >= 11 is 5.57. The third-order valence-corrected chi connectivity index (χ3v) is 2.07.